The summed E-state index contributed by atoms with van der Waals surface area (Å²) >= 11 is 0. The van der Waals surface area contributed by atoms with E-state index in [0.29, 0.717) is 38.2 Å². The molecule has 2 aromatic rings. The van der Waals surface area contributed by atoms with Gasteiger partial charge in [0.05, 0.1) is 13.7 Å². The first-order valence-corrected chi connectivity index (χ1v) is 10.6. The molecule has 2 aliphatic rings. The van der Waals surface area contributed by atoms with E-state index in [1.54, 1.807) is 42.5 Å². The molecule has 3 amide bonds. The number of rotatable bonds is 4. The Morgan fingerprint density at radius 3 is 2.58 bits per heavy atom. The normalized spacial score (nSPS) is 19.7. The molecule has 31 heavy (non-hydrogen) atoms. The summed E-state index contributed by atoms with van der Waals surface area (Å²) in [7, 11) is 1.60. The lowest BCUT2D eigenvalue weighted by molar-refractivity contribution is -0.167. The third-order valence-corrected chi connectivity index (χ3v) is 5.77. The van der Waals surface area contributed by atoms with Gasteiger partial charge in [-0.25, -0.2) is 9.78 Å². The van der Waals surface area contributed by atoms with Crippen molar-refractivity contribution in [3.8, 4) is 5.75 Å². The lowest BCUT2D eigenvalue weighted by Gasteiger charge is -2.45. The zero-order valence-electron chi connectivity index (χ0n) is 18.1. The molecular formula is C22H29N5O4. The number of likely N-dealkylation sites (tertiary alicyclic amines) is 1. The Balaban J connectivity index is 1.47. The molecule has 0 bridgehead atoms. The Bertz CT molecular complexity index is 932. The predicted octanol–water partition coefficient (Wildman–Crippen LogP) is 2.34. The molecule has 0 saturated carbocycles. The molecule has 1 atom stereocenters. The number of ether oxygens (including phenoxy) is 2. The number of nitrogens with zero attached hydrogens (tertiary/aromatic N) is 3. The Morgan fingerprint density at radius 2 is 1.94 bits per heavy atom. The minimum Gasteiger partial charge on any atom is -0.497 e. The van der Waals surface area contributed by atoms with Crippen LogP contribution < -0.4 is 15.4 Å². The number of piperidine rings is 1. The van der Waals surface area contributed by atoms with Crippen LogP contribution in [0.4, 0.5) is 10.5 Å². The molecule has 1 fully saturated rings. The third kappa shape index (κ3) is 4.36. The number of carbonyl (C=O) groups excluding carboxylic acids is 2. The minimum atomic E-state index is -0.682. The van der Waals surface area contributed by atoms with Crippen molar-refractivity contribution < 1.29 is 19.1 Å². The molecule has 1 aromatic heterocycles. The number of methoxy groups -OCH3 is 1. The number of imidazole rings is 1. The summed E-state index contributed by atoms with van der Waals surface area (Å²) in [5.74, 6) is 1.34. The first kappa shape index (κ1) is 21.2. The van der Waals surface area contributed by atoms with E-state index < -0.39 is 11.7 Å². The number of hydrogen-bond acceptors (Lipinski definition) is 5. The Hall–Kier alpha value is -3.07. The smallest absolute Gasteiger partial charge is 0.317 e. The highest BCUT2D eigenvalue weighted by Crippen LogP contribution is 2.40. The molecule has 3 heterocycles. The van der Waals surface area contributed by atoms with Crippen LogP contribution in [0.5, 0.6) is 5.75 Å². The van der Waals surface area contributed by atoms with Gasteiger partial charge in [0.1, 0.15) is 17.2 Å². The summed E-state index contributed by atoms with van der Waals surface area (Å²) in [6, 6.07) is 7.19. The van der Waals surface area contributed by atoms with Gasteiger partial charge in [0.25, 0.3) is 5.91 Å². The fraction of sp³-hybridized carbons (Fsp3) is 0.500. The van der Waals surface area contributed by atoms with Crippen LogP contribution in [0.25, 0.3) is 0 Å². The summed E-state index contributed by atoms with van der Waals surface area (Å²) in [5, 5.41) is 5.86. The zero-order chi connectivity index (χ0) is 22.0. The predicted molar refractivity (Wildman–Crippen MR) is 115 cm³/mol. The van der Waals surface area contributed by atoms with Gasteiger partial charge >= 0.3 is 6.03 Å². The summed E-state index contributed by atoms with van der Waals surface area (Å²) in [6.07, 6.45) is 4.14. The maximum absolute atomic E-state index is 13.0. The van der Waals surface area contributed by atoms with Crippen molar-refractivity contribution >= 4 is 17.6 Å². The molecular weight excluding hydrogens is 398 g/mol. The second kappa shape index (κ2) is 8.58. The first-order valence-electron chi connectivity index (χ1n) is 10.6. The highest BCUT2D eigenvalue weighted by atomic mass is 16.5. The van der Waals surface area contributed by atoms with Crippen molar-refractivity contribution in [3.63, 3.8) is 0 Å². The number of nitrogens with one attached hydrogen (secondary N) is 2. The van der Waals surface area contributed by atoms with E-state index >= 15 is 0 Å². The quantitative estimate of drug-likeness (QED) is 0.781. The largest absolute Gasteiger partial charge is 0.497 e. The van der Waals surface area contributed by atoms with Crippen LogP contribution in [0.1, 0.15) is 32.5 Å². The first-order chi connectivity index (χ1) is 14.9. The van der Waals surface area contributed by atoms with Gasteiger partial charge in [-0.05, 0) is 38.1 Å². The van der Waals surface area contributed by atoms with E-state index in [4.69, 9.17) is 9.47 Å². The number of aromatic nitrogens is 2. The highest BCUT2D eigenvalue weighted by Gasteiger charge is 2.47. The fourth-order valence-corrected chi connectivity index (χ4v) is 4.18. The Kier molecular flexibility index (Phi) is 5.86. The second-order valence-corrected chi connectivity index (χ2v) is 8.31. The van der Waals surface area contributed by atoms with Crippen molar-refractivity contribution in [1.29, 1.82) is 0 Å². The van der Waals surface area contributed by atoms with Crippen LogP contribution in [0.3, 0.4) is 0 Å². The van der Waals surface area contributed by atoms with E-state index in [9.17, 15) is 9.59 Å². The number of benzene rings is 1. The van der Waals surface area contributed by atoms with Crippen LogP contribution in [-0.4, -0.2) is 58.7 Å². The van der Waals surface area contributed by atoms with Crippen LogP contribution in [-0.2, 0) is 21.7 Å². The van der Waals surface area contributed by atoms with Crippen LogP contribution in [0.15, 0.2) is 36.7 Å². The summed E-state index contributed by atoms with van der Waals surface area (Å²) in [4.78, 5) is 31.7. The monoisotopic (exact) mass is 427 g/mol. The molecule has 2 N–H and O–H groups in total. The molecule has 1 spiro atoms. The van der Waals surface area contributed by atoms with Gasteiger partial charge in [-0.15, -0.1) is 0 Å². The van der Waals surface area contributed by atoms with Crippen molar-refractivity contribution in [3.05, 3.63) is 42.5 Å². The highest BCUT2D eigenvalue weighted by molar-refractivity contribution is 5.94. The molecule has 0 radical (unpaired) electrons. The van der Waals surface area contributed by atoms with E-state index in [1.807, 2.05) is 24.6 Å². The number of hydrogen-bond donors (Lipinski definition) is 2. The zero-order valence-corrected chi connectivity index (χ0v) is 18.1. The lowest BCUT2D eigenvalue weighted by atomic mass is 9.88. The van der Waals surface area contributed by atoms with Crippen LogP contribution in [0.2, 0.25) is 0 Å². The van der Waals surface area contributed by atoms with Gasteiger partial charge in [-0.2, -0.15) is 0 Å². The lowest BCUT2D eigenvalue weighted by Crippen LogP contribution is -2.55. The third-order valence-electron chi connectivity index (χ3n) is 5.77. The molecule has 0 unspecified atom stereocenters. The van der Waals surface area contributed by atoms with Gasteiger partial charge in [-0.1, -0.05) is 0 Å². The summed E-state index contributed by atoms with van der Waals surface area (Å²) in [6.45, 7) is 5.36. The maximum atomic E-state index is 13.0. The standard InChI is InChI=1S/C22H29N5O4/c1-15(2)24-21(29)26-11-8-22(9-12-26)20-23-10-13-27(20)14-18(31-22)19(28)25-16-4-6-17(30-3)7-5-16/h4-7,10,13,15,18H,8-9,11-12,14H2,1-3H3,(H,24,29)(H,25,28)/t18-/m1/s1. The van der Waals surface area contributed by atoms with Gasteiger partial charge in [0.15, 0.2) is 6.10 Å². The van der Waals surface area contributed by atoms with Crippen molar-refractivity contribution in [1.82, 2.24) is 19.8 Å². The van der Waals surface area contributed by atoms with Crippen LogP contribution >= 0.6 is 0 Å². The second-order valence-electron chi connectivity index (χ2n) is 8.31. The van der Waals surface area contributed by atoms with Gasteiger partial charge in [0, 0.05) is 50.1 Å². The molecule has 9 heteroatoms. The molecule has 4 rings (SSSR count). The topological polar surface area (TPSA) is 97.7 Å². The molecule has 2 aliphatic heterocycles. The average Bonchev–Trinajstić information content (AvgIpc) is 3.24. The summed E-state index contributed by atoms with van der Waals surface area (Å²) < 4.78 is 13.6. The Labute approximate surface area is 181 Å². The van der Waals surface area contributed by atoms with Crippen LogP contribution in [0, 0.1) is 0 Å². The van der Waals surface area contributed by atoms with Gasteiger partial charge in [-0.3, -0.25) is 4.79 Å². The Morgan fingerprint density at radius 1 is 1.23 bits per heavy atom. The number of carbonyl (C=O) groups is 2. The van der Waals surface area contributed by atoms with E-state index in [1.165, 1.54) is 0 Å². The number of urea groups is 1. The van der Waals surface area contributed by atoms with Crippen molar-refractivity contribution in [2.45, 2.75) is 51.0 Å². The minimum absolute atomic E-state index is 0.0715. The molecule has 166 valence electrons. The number of fused-ring (bicyclic) bond motifs is 2. The van der Waals surface area contributed by atoms with E-state index in [2.05, 4.69) is 15.6 Å². The average molecular weight is 428 g/mol. The number of anilines is 1. The molecule has 0 aliphatic carbocycles. The fourth-order valence-electron chi connectivity index (χ4n) is 4.18. The SMILES string of the molecule is COc1ccc(NC(=O)[C@H]2Cn3ccnc3C3(CCN(C(=O)NC(C)C)CC3)O2)cc1. The van der Waals surface area contributed by atoms with Crippen molar-refractivity contribution in [2.75, 3.05) is 25.5 Å². The van der Waals surface area contributed by atoms with E-state index in [-0.39, 0.29) is 18.0 Å². The molecule has 1 aromatic carbocycles. The van der Waals surface area contributed by atoms with Gasteiger partial charge in [0.2, 0.25) is 0 Å². The van der Waals surface area contributed by atoms with E-state index in [0.717, 1.165) is 11.6 Å². The van der Waals surface area contributed by atoms with Gasteiger partial charge < -0.3 is 29.6 Å². The maximum Gasteiger partial charge on any atom is 0.317 e. The number of amides is 3. The summed E-state index contributed by atoms with van der Waals surface area (Å²) in [5.41, 5.74) is -0.00166. The molecule has 1 saturated heterocycles. The van der Waals surface area contributed by atoms with Crippen molar-refractivity contribution in [2.24, 2.45) is 0 Å². The molecule has 9 nitrogen and oxygen atoms in total.